The van der Waals surface area contributed by atoms with Crippen LogP contribution >= 0.6 is 0 Å². The lowest BCUT2D eigenvalue weighted by Crippen LogP contribution is -2.49. The van der Waals surface area contributed by atoms with Gasteiger partial charge in [-0.15, -0.1) is 0 Å². The van der Waals surface area contributed by atoms with Gasteiger partial charge in [0.1, 0.15) is 0 Å². The summed E-state index contributed by atoms with van der Waals surface area (Å²) in [5.74, 6) is -2.46. The Morgan fingerprint density at radius 3 is 0.733 bits per heavy atom. The third-order valence-electron chi connectivity index (χ3n) is 9.02. The summed E-state index contributed by atoms with van der Waals surface area (Å²) in [4.78, 5) is 40.1. The topological polar surface area (TPSA) is 78.9 Å². The van der Waals surface area contributed by atoms with Crippen molar-refractivity contribution in [2.24, 2.45) is 5.41 Å². The molecule has 0 radical (unpaired) electrons. The van der Waals surface area contributed by atoms with E-state index in [2.05, 4.69) is 20.8 Å². The number of rotatable bonds is 34. The van der Waals surface area contributed by atoms with Crippen LogP contribution in [0.3, 0.4) is 0 Å². The lowest BCUT2D eigenvalue weighted by molar-refractivity contribution is -0.184. The second-order valence-electron chi connectivity index (χ2n) is 13.2. The smallest absolute Gasteiger partial charge is 0.335 e. The highest BCUT2D eigenvalue weighted by atomic mass is 16.6. The van der Waals surface area contributed by atoms with Crippen molar-refractivity contribution < 1.29 is 28.6 Å². The molecule has 266 valence electrons. The Morgan fingerprint density at radius 2 is 0.533 bits per heavy atom. The van der Waals surface area contributed by atoms with E-state index in [1.807, 2.05) is 0 Å². The highest BCUT2D eigenvalue weighted by Crippen LogP contribution is 2.29. The van der Waals surface area contributed by atoms with Gasteiger partial charge in [-0.3, -0.25) is 14.4 Å². The van der Waals surface area contributed by atoms with Crippen LogP contribution in [0.25, 0.3) is 0 Å². The Bertz CT molecular complexity index is 603. The first-order chi connectivity index (χ1) is 22.0. The summed E-state index contributed by atoms with van der Waals surface area (Å²) in [6, 6.07) is 0. The van der Waals surface area contributed by atoms with Crippen molar-refractivity contribution in [3.8, 4) is 0 Å². The number of hydrogen-bond donors (Lipinski definition) is 0. The lowest BCUT2D eigenvalue weighted by Gasteiger charge is -2.26. The number of ether oxygens (including phenoxy) is 3. The van der Waals surface area contributed by atoms with Crippen molar-refractivity contribution in [2.45, 2.75) is 207 Å². The van der Waals surface area contributed by atoms with Crippen LogP contribution in [-0.2, 0) is 28.6 Å². The fourth-order valence-electron chi connectivity index (χ4n) is 5.79. The van der Waals surface area contributed by atoms with Crippen LogP contribution in [0.4, 0.5) is 0 Å². The van der Waals surface area contributed by atoms with Gasteiger partial charge in [-0.05, 0) is 25.7 Å². The summed E-state index contributed by atoms with van der Waals surface area (Å²) in [6.07, 6.45) is 31.1. The molecule has 0 heterocycles. The average molecular weight is 639 g/mol. The summed E-state index contributed by atoms with van der Waals surface area (Å²) < 4.78 is 16.7. The number of carbonyl (C=O) groups is 3. The Balaban J connectivity index is 4.77. The highest BCUT2D eigenvalue weighted by molar-refractivity contribution is 6.17. The SMILES string of the molecule is CCCCCCCCCCCOC(=O)C(CC)(C(=O)OCCCCCCCCCCC)C(=O)OCCCCCCCCCCC. The molecule has 0 aliphatic rings. The monoisotopic (exact) mass is 639 g/mol. The summed E-state index contributed by atoms with van der Waals surface area (Å²) in [6.45, 7) is 8.95. The maximum Gasteiger partial charge on any atom is 0.335 e. The molecule has 0 amide bonds. The Kier molecular flexibility index (Phi) is 31.2. The molecular weight excluding hydrogens is 564 g/mol. The third-order valence-corrected chi connectivity index (χ3v) is 9.02. The molecule has 0 saturated carbocycles. The molecule has 0 unspecified atom stereocenters. The van der Waals surface area contributed by atoms with Gasteiger partial charge in [0.2, 0.25) is 0 Å². The Morgan fingerprint density at radius 1 is 0.333 bits per heavy atom. The zero-order chi connectivity index (χ0) is 33.3. The summed E-state index contributed by atoms with van der Waals surface area (Å²) in [5, 5.41) is 0. The molecule has 0 aromatic heterocycles. The van der Waals surface area contributed by atoms with Crippen LogP contribution in [0.5, 0.6) is 0 Å². The molecule has 0 aromatic carbocycles. The fraction of sp³-hybridized carbons (Fsp3) is 0.923. The maximum atomic E-state index is 13.4. The largest absolute Gasteiger partial charge is 0.464 e. The van der Waals surface area contributed by atoms with E-state index in [1.165, 1.54) is 116 Å². The molecule has 0 N–H and O–H groups in total. The van der Waals surface area contributed by atoms with Crippen LogP contribution in [0, 0.1) is 5.41 Å². The van der Waals surface area contributed by atoms with Crippen LogP contribution in [0.2, 0.25) is 0 Å². The molecule has 0 rings (SSSR count). The number of carbonyl (C=O) groups excluding carboxylic acids is 3. The van der Waals surface area contributed by atoms with E-state index < -0.39 is 23.3 Å². The van der Waals surface area contributed by atoms with Gasteiger partial charge in [0.15, 0.2) is 0 Å². The zero-order valence-corrected chi connectivity index (χ0v) is 30.4. The van der Waals surface area contributed by atoms with Crippen LogP contribution in [0.15, 0.2) is 0 Å². The van der Waals surface area contributed by atoms with Crippen molar-refractivity contribution in [2.75, 3.05) is 19.8 Å². The van der Waals surface area contributed by atoms with Crippen LogP contribution < -0.4 is 0 Å². The molecule has 45 heavy (non-hydrogen) atoms. The first-order valence-corrected chi connectivity index (χ1v) is 19.5. The summed E-state index contributed by atoms with van der Waals surface area (Å²) >= 11 is 0. The minimum absolute atomic E-state index is 0.0310. The zero-order valence-electron chi connectivity index (χ0n) is 30.4. The first-order valence-electron chi connectivity index (χ1n) is 19.5. The molecule has 0 aliphatic heterocycles. The average Bonchev–Trinajstić information content (AvgIpc) is 3.04. The van der Waals surface area contributed by atoms with Crippen LogP contribution in [0.1, 0.15) is 207 Å². The van der Waals surface area contributed by atoms with E-state index in [9.17, 15) is 14.4 Å². The molecule has 6 heteroatoms. The number of unbranched alkanes of at least 4 members (excludes halogenated alkanes) is 24. The van der Waals surface area contributed by atoms with Gasteiger partial charge in [0.05, 0.1) is 19.8 Å². The molecule has 0 fully saturated rings. The predicted octanol–water partition coefficient (Wildman–Crippen LogP) is 11.6. The van der Waals surface area contributed by atoms with Gasteiger partial charge >= 0.3 is 17.9 Å². The molecule has 0 atom stereocenters. The molecule has 0 aromatic rings. The molecule has 0 aliphatic carbocycles. The van der Waals surface area contributed by atoms with Gasteiger partial charge in [0.25, 0.3) is 5.41 Å². The van der Waals surface area contributed by atoms with Gasteiger partial charge in [-0.1, -0.05) is 182 Å². The predicted molar refractivity (Wildman–Crippen MR) is 187 cm³/mol. The van der Waals surface area contributed by atoms with E-state index in [0.717, 1.165) is 57.8 Å². The third kappa shape index (κ3) is 22.6. The van der Waals surface area contributed by atoms with Gasteiger partial charge in [-0.2, -0.15) is 0 Å². The Labute approximate surface area is 278 Å². The van der Waals surface area contributed by atoms with E-state index >= 15 is 0 Å². The highest BCUT2D eigenvalue weighted by Gasteiger charge is 2.56. The lowest BCUT2D eigenvalue weighted by atomic mass is 9.85. The minimum Gasteiger partial charge on any atom is -0.464 e. The van der Waals surface area contributed by atoms with Crippen molar-refractivity contribution in [1.82, 2.24) is 0 Å². The normalized spacial score (nSPS) is 11.5. The maximum absolute atomic E-state index is 13.4. The van der Waals surface area contributed by atoms with E-state index in [4.69, 9.17) is 14.2 Å². The van der Waals surface area contributed by atoms with Crippen LogP contribution in [-0.4, -0.2) is 37.7 Å². The van der Waals surface area contributed by atoms with Crippen molar-refractivity contribution in [3.05, 3.63) is 0 Å². The first kappa shape index (κ1) is 43.4. The Hall–Kier alpha value is -1.59. The van der Waals surface area contributed by atoms with Crippen molar-refractivity contribution in [1.29, 1.82) is 0 Å². The quantitative estimate of drug-likeness (QED) is 0.0302. The van der Waals surface area contributed by atoms with E-state index in [1.54, 1.807) is 6.92 Å². The number of esters is 3. The fourth-order valence-corrected chi connectivity index (χ4v) is 5.79. The standard InChI is InChI=1S/C39H74O6/c1-5-9-12-15-18-21-24-27-30-33-43-36(40)39(8-4,37(41)44-34-31-28-25-22-19-16-13-10-6-2)38(42)45-35-32-29-26-23-20-17-14-11-7-3/h5-35H2,1-4H3. The molecule has 6 nitrogen and oxygen atoms in total. The van der Waals surface area contributed by atoms with Gasteiger partial charge < -0.3 is 14.2 Å². The van der Waals surface area contributed by atoms with Gasteiger partial charge in [0, 0.05) is 0 Å². The minimum atomic E-state index is -2.04. The molecule has 0 bridgehead atoms. The van der Waals surface area contributed by atoms with Gasteiger partial charge in [-0.25, -0.2) is 0 Å². The number of hydrogen-bond acceptors (Lipinski definition) is 6. The van der Waals surface area contributed by atoms with Crippen molar-refractivity contribution in [3.63, 3.8) is 0 Å². The van der Waals surface area contributed by atoms with Crippen molar-refractivity contribution >= 4 is 17.9 Å². The second-order valence-corrected chi connectivity index (χ2v) is 13.2. The van der Waals surface area contributed by atoms with E-state index in [-0.39, 0.29) is 26.2 Å². The molecule has 0 saturated heterocycles. The summed E-state index contributed by atoms with van der Waals surface area (Å²) in [5.41, 5.74) is -2.04. The van der Waals surface area contributed by atoms with E-state index in [0.29, 0.717) is 0 Å². The molecular formula is C39H74O6. The second kappa shape index (κ2) is 32.4. The molecule has 0 spiro atoms. The summed E-state index contributed by atoms with van der Waals surface area (Å²) in [7, 11) is 0.